The number of benzene rings is 2. The van der Waals surface area contributed by atoms with Gasteiger partial charge in [0, 0.05) is 65.8 Å². The number of para-hydroxylation sites is 1. The summed E-state index contributed by atoms with van der Waals surface area (Å²) in [5.74, 6) is 1.70. The van der Waals surface area contributed by atoms with Gasteiger partial charge in [0.05, 0.1) is 5.56 Å². The van der Waals surface area contributed by atoms with Crippen molar-refractivity contribution in [2.24, 2.45) is 0 Å². The third kappa shape index (κ3) is 3.38. The van der Waals surface area contributed by atoms with Crippen LogP contribution in [0.5, 0.6) is 11.5 Å². The van der Waals surface area contributed by atoms with E-state index in [1.807, 2.05) is 43.3 Å². The molecule has 0 radical (unpaired) electrons. The van der Waals surface area contributed by atoms with Gasteiger partial charge < -0.3 is 14.0 Å². The number of carbonyl (C=O) groups is 1. The molecule has 2 aliphatic rings. The molecule has 0 spiro atoms. The average Bonchev–Trinajstić information content (AvgIpc) is 3.38. The smallest absolute Gasteiger partial charge is 0.231 e. The Morgan fingerprint density at radius 3 is 2.76 bits per heavy atom. The molecule has 6 nitrogen and oxygen atoms in total. The van der Waals surface area contributed by atoms with Gasteiger partial charge >= 0.3 is 0 Å². The molecule has 2 aliphatic heterocycles. The van der Waals surface area contributed by atoms with Crippen LogP contribution in [0.4, 0.5) is 0 Å². The number of rotatable bonds is 4. The van der Waals surface area contributed by atoms with Crippen LogP contribution in [0.2, 0.25) is 0 Å². The maximum atomic E-state index is 13.4. The third-order valence-corrected chi connectivity index (χ3v) is 6.60. The lowest BCUT2D eigenvalue weighted by atomic mass is 10.00. The number of Topliss-reactive ketones (excluding diaryl/α,β-unsaturated/α-hetero) is 1. The maximum Gasteiger partial charge on any atom is 0.231 e. The first-order chi connectivity index (χ1) is 16.6. The highest BCUT2D eigenvalue weighted by Gasteiger charge is 2.33. The molecule has 6 heteroatoms. The van der Waals surface area contributed by atoms with Crippen molar-refractivity contribution in [1.82, 2.24) is 14.5 Å². The van der Waals surface area contributed by atoms with Crippen LogP contribution in [0.15, 0.2) is 66.8 Å². The van der Waals surface area contributed by atoms with Crippen LogP contribution < -0.4 is 9.47 Å². The Kier molecular flexibility index (Phi) is 4.96. The van der Waals surface area contributed by atoms with Crippen LogP contribution in [-0.4, -0.2) is 27.0 Å². The van der Waals surface area contributed by atoms with Crippen molar-refractivity contribution in [2.45, 2.75) is 33.5 Å². The van der Waals surface area contributed by atoms with Gasteiger partial charge in [-0.15, -0.1) is 0 Å². The van der Waals surface area contributed by atoms with Crippen molar-refractivity contribution in [3.63, 3.8) is 0 Å². The standard InChI is InChI=1S/C28H25N3O3/c1-3-31-16-20(22-6-4-5-7-24(22)31)13-25-26(32)23-12-21-15-30(14-19-8-10-29-11-9-19)17-33-27(21)18(2)28(23)34-25/h4-13,16H,3,14-15,17H2,1-2H3/b25-13-. The lowest BCUT2D eigenvalue weighted by Crippen LogP contribution is -2.32. The Hall–Kier alpha value is -3.90. The number of pyridine rings is 1. The minimum Gasteiger partial charge on any atom is -0.477 e. The Labute approximate surface area is 198 Å². The molecule has 0 amide bonds. The topological polar surface area (TPSA) is 56.6 Å². The Morgan fingerprint density at radius 2 is 1.94 bits per heavy atom. The van der Waals surface area contributed by atoms with Crippen LogP contribution in [0, 0.1) is 6.92 Å². The Bertz CT molecular complexity index is 1450. The van der Waals surface area contributed by atoms with E-state index in [0.29, 0.717) is 30.3 Å². The van der Waals surface area contributed by atoms with E-state index < -0.39 is 0 Å². The van der Waals surface area contributed by atoms with E-state index in [2.05, 4.69) is 39.7 Å². The predicted molar refractivity (Wildman–Crippen MR) is 131 cm³/mol. The summed E-state index contributed by atoms with van der Waals surface area (Å²) < 4.78 is 14.4. The van der Waals surface area contributed by atoms with Crippen molar-refractivity contribution >= 4 is 22.8 Å². The molecule has 2 aromatic heterocycles. The number of nitrogens with zero attached hydrogens (tertiary/aromatic N) is 3. The average molecular weight is 452 g/mol. The molecule has 2 aromatic carbocycles. The van der Waals surface area contributed by atoms with Gasteiger partial charge in [-0.2, -0.15) is 0 Å². The van der Waals surface area contributed by atoms with E-state index in [4.69, 9.17) is 9.47 Å². The molecule has 0 saturated heterocycles. The molecule has 0 fully saturated rings. The summed E-state index contributed by atoms with van der Waals surface area (Å²) in [6.07, 6.45) is 7.54. The van der Waals surface area contributed by atoms with Gasteiger partial charge in [0.2, 0.25) is 5.78 Å². The number of carbonyl (C=O) groups excluding carboxylic acids is 1. The van der Waals surface area contributed by atoms with Crippen LogP contribution in [0.1, 0.15) is 39.5 Å². The number of ketones is 1. The molecule has 0 bridgehead atoms. The highest BCUT2D eigenvalue weighted by atomic mass is 16.5. The van der Waals surface area contributed by atoms with Crippen LogP contribution in [0.25, 0.3) is 17.0 Å². The highest BCUT2D eigenvalue weighted by Crippen LogP contribution is 2.43. The molecule has 0 atom stereocenters. The fraction of sp³-hybridized carbons (Fsp3) is 0.214. The number of allylic oxidation sites excluding steroid dienone is 1. The monoisotopic (exact) mass is 451 g/mol. The molecule has 34 heavy (non-hydrogen) atoms. The van der Waals surface area contributed by atoms with Gasteiger partial charge in [-0.3, -0.25) is 14.7 Å². The fourth-order valence-electron chi connectivity index (χ4n) is 4.94. The van der Waals surface area contributed by atoms with E-state index in [9.17, 15) is 4.79 Å². The zero-order valence-corrected chi connectivity index (χ0v) is 19.2. The molecule has 0 N–H and O–H groups in total. The van der Waals surface area contributed by atoms with Gasteiger partial charge in [0.25, 0.3) is 0 Å². The summed E-state index contributed by atoms with van der Waals surface area (Å²) in [7, 11) is 0. The maximum absolute atomic E-state index is 13.4. The lowest BCUT2D eigenvalue weighted by Gasteiger charge is -2.30. The summed E-state index contributed by atoms with van der Waals surface area (Å²) in [6.45, 7) is 6.90. The summed E-state index contributed by atoms with van der Waals surface area (Å²) in [6, 6.07) is 14.2. The van der Waals surface area contributed by atoms with Gasteiger partial charge in [0.15, 0.2) is 5.76 Å². The first-order valence-corrected chi connectivity index (χ1v) is 11.5. The first-order valence-electron chi connectivity index (χ1n) is 11.5. The summed E-state index contributed by atoms with van der Waals surface area (Å²) >= 11 is 0. The summed E-state index contributed by atoms with van der Waals surface area (Å²) in [5, 5.41) is 1.11. The third-order valence-electron chi connectivity index (χ3n) is 6.60. The first kappa shape index (κ1) is 20.7. The molecule has 6 rings (SSSR count). The van der Waals surface area contributed by atoms with E-state index >= 15 is 0 Å². The molecule has 170 valence electrons. The predicted octanol–water partition coefficient (Wildman–Crippen LogP) is 5.33. The second-order valence-electron chi connectivity index (χ2n) is 8.81. The van der Waals surface area contributed by atoms with E-state index in [-0.39, 0.29) is 5.78 Å². The molecular weight excluding hydrogens is 426 g/mol. The van der Waals surface area contributed by atoms with Crippen LogP contribution in [0.3, 0.4) is 0 Å². The normalized spacial score (nSPS) is 16.4. The van der Waals surface area contributed by atoms with E-state index in [0.717, 1.165) is 46.4 Å². The zero-order chi connectivity index (χ0) is 23.2. The largest absolute Gasteiger partial charge is 0.477 e. The number of hydrogen-bond acceptors (Lipinski definition) is 5. The van der Waals surface area contributed by atoms with Crippen molar-refractivity contribution in [2.75, 3.05) is 6.73 Å². The van der Waals surface area contributed by atoms with Crippen molar-refractivity contribution in [3.8, 4) is 11.5 Å². The Morgan fingerprint density at radius 1 is 1.12 bits per heavy atom. The molecule has 4 heterocycles. The van der Waals surface area contributed by atoms with E-state index in [1.165, 1.54) is 5.56 Å². The van der Waals surface area contributed by atoms with Crippen LogP contribution >= 0.6 is 0 Å². The molecular formula is C28H25N3O3. The van der Waals surface area contributed by atoms with Gasteiger partial charge in [-0.25, -0.2) is 0 Å². The summed E-state index contributed by atoms with van der Waals surface area (Å²) in [4.78, 5) is 19.7. The second-order valence-corrected chi connectivity index (χ2v) is 8.81. The van der Waals surface area contributed by atoms with Gasteiger partial charge in [-0.1, -0.05) is 18.2 Å². The number of aryl methyl sites for hydroxylation is 1. The van der Waals surface area contributed by atoms with E-state index in [1.54, 1.807) is 12.4 Å². The van der Waals surface area contributed by atoms with Gasteiger partial charge in [0.1, 0.15) is 18.2 Å². The van der Waals surface area contributed by atoms with Crippen molar-refractivity contribution in [1.29, 1.82) is 0 Å². The number of hydrogen-bond donors (Lipinski definition) is 0. The molecule has 0 aliphatic carbocycles. The summed E-state index contributed by atoms with van der Waals surface area (Å²) in [5.41, 5.74) is 5.80. The quantitative estimate of drug-likeness (QED) is 0.393. The number of ether oxygens (including phenoxy) is 2. The number of fused-ring (bicyclic) bond motifs is 3. The molecule has 4 aromatic rings. The lowest BCUT2D eigenvalue weighted by molar-refractivity contribution is 0.0876. The SMILES string of the molecule is CCn1cc(/C=C2\Oc3c(cc4c(c3C)OCN(Cc3ccncc3)C4)C2=O)c2ccccc21. The second kappa shape index (κ2) is 8.15. The zero-order valence-electron chi connectivity index (χ0n) is 19.2. The molecule has 0 saturated carbocycles. The molecule has 0 unspecified atom stereocenters. The number of aromatic nitrogens is 2. The fourth-order valence-corrected chi connectivity index (χ4v) is 4.94. The van der Waals surface area contributed by atoms with Crippen molar-refractivity contribution < 1.29 is 14.3 Å². The highest BCUT2D eigenvalue weighted by molar-refractivity contribution is 6.15. The minimum absolute atomic E-state index is 0.0829. The van der Waals surface area contributed by atoms with Gasteiger partial charge in [-0.05, 0) is 49.8 Å². The van der Waals surface area contributed by atoms with Crippen molar-refractivity contribution in [3.05, 3.63) is 94.6 Å². The minimum atomic E-state index is -0.0829. The Balaban J connectivity index is 1.33. The van der Waals surface area contributed by atoms with Crippen LogP contribution in [-0.2, 0) is 19.6 Å².